The molecule has 2 aromatic rings. The first kappa shape index (κ1) is 18.4. The van der Waals surface area contributed by atoms with Crippen LogP contribution in [0.4, 0.5) is 5.00 Å². The van der Waals surface area contributed by atoms with Gasteiger partial charge in [0, 0.05) is 12.6 Å². The van der Waals surface area contributed by atoms with Crippen molar-refractivity contribution in [1.29, 1.82) is 0 Å². The zero-order valence-corrected chi connectivity index (χ0v) is 14.2. The number of esters is 1. The first-order valence-corrected chi connectivity index (χ1v) is 8.13. The maximum Gasteiger partial charge on any atom is 0.349 e. The molecule has 9 heteroatoms. The third-order valence-corrected chi connectivity index (χ3v) is 4.23. The van der Waals surface area contributed by atoms with Crippen LogP contribution in [0.3, 0.4) is 0 Å². The van der Waals surface area contributed by atoms with Crippen molar-refractivity contribution < 1.29 is 24.0 Å². The highest BCUT2D eigenvalue weighted by atomic mass is 32.1. The summed E-state index contributed by atoms with van der Waals surface area (Å²) >= 11 is 0.701. The lowest BCUT2D eigenvalue weighted by Crippen LogP contribution is -2.30. The second kappa shape index (κ2) is 8.78. The number of nitrogens with zero attached hydrogens (tertiary/aromatic N) is 1. The molecule has 0 aliphatic carbocycles. The van der Waals surface area contributed by atoms with Crippen LogP contribution in [0, 0.1) is 10.1 Å². The molecular weight excluding hydrogens is 348 g/mol. The third-order valence-electron chi connectivity index (χ3n) is 3.22. The van der Waals surface area contributed by atoms with Crippen molar-refractivity contribution in [3.05, 3.63) is 57.0 Å². The van der Waals surface area contributed by atoms with Crippen molar-refractivity contribution in [2.45, 2.75) is 6.42 Å². The van der Waals surface area contributed by atoms with Gasteiger partial charge in [-0.3, -0.25) is 14.9 Å². The number of amides is 1. The maximum atomic E-state index is 11.7. The number of para-hydroxylation sites is 1. The Hall–Kier alpha value is -2.94. The zero-order chi connectivity index (χ0) is 18.2. The number of nitrogens with one attached hydrogen (secondary N) is 1. The average molecular weight is 364 g/mol. The van der Waals surface area contributed by atoms with E-state index in [-0.39, 0.29) is 9.88 Å². The molecule has 132 valence electrons. The van der Waals surface area contributed by atoms with Crippen LogP contribution in [0.25, 0.3) is 0 Å². The Kier molecular flexibility index (Phi) is 6.47. The summed E-state index contributed by atoms with van der Waals surface area (Å²) in [7, 11) is 1.58. The number of nitro groups is 1. The number of carbonyl (C=O) groups is 2. The normalized spacial score (nSPS) is 10.1. The molecular formula is C16H16N2O6S. The number of hydrogen-bond acceptors (Lipinski definition) is 7. The van der Waals surface area contributed by atoms with E-state index in [1.54, 1.807) is 7.11 Å². The van der Waals surface area contributed by atoms with Gasteiger partial charge in [-0.1, -0.05) is 29.5 Å². The summed E-state index contributed by atoms with van der Waals surface area (Å²) in [5.41, 5.74) is 0.952. The minimum atomic E-state index is -0.766. The fourth-order valence-electron chi connectivity index (χ4n) is 2.03. The summed E-state index contributed by atoms with van der Waals surface area (Å²) < 4.78 is 10.1. The highest BCUT2D eigenvalue weighted by molar-refractivity contribution is 7.17. The van der Waals surface area contributed by atoms with Gasteiger partial charge in [0.05, 0.1) is 12.0 Å². The fourth-order valence-corrected chi connectivity index (χ4v) is 2.75. The van der Waals surface area contributed by atoms with Gasteiger partial charge in [0.1, 0.15) is 10.6 Å². The third kappa shape index (κ3) is 5.28. The molecule has 0 saturated carbocycles. The minimum Gasteiger partial charge on any atom is -0.496 e. The number of ether oxygens (including phenoxy) is 2. The van der Waals surface area contributed by atoms with Crippen LogP contribution in [0.1, 0.15) is 15.2 Å². The highest BCUT2D eigenvalue weighted by Crippen LogP contribution is 2.24. The molecule has 1 heterocycles. The molecule has 0 saturated heterocycles. The lowest BCUT2D eigenvalue weighted by atomic mass is 10.1. The summed E-state index contributed by atoms with van der Waals surface area (Å²) in [6.07, 6.45) is 0.570. The van der Waals surface area contributed by atoms with E-state index in [0.717, 1.165) is 11.3 Å². The van der Waals surface area contributed by atoms with E-state index in [1.807, 2.05) is 24.3 Å². The van der Waals surface area contributed by atoms with Crippen LogP contribution in [0.15, 0.2) is 36.4 Å². The fraction of sp³-hybridized carbons (Fsp3) is 0.250. The van der Waals surface area contributed by atoms with Crippen LogP contribution in [0.5, 0.6) is 5.75 Å². The molecule has 1 amide bonds. The van der Waals surface area contributed by atoms with Crippen LogP contribution in [0.2, 0.25) is 0 Å². The van der Waals surface area contributed by atoms with Crippen molar-refractivity contribution in [2.24, 2.45) is 0 Å². The number of hydrogen-bond donors (Lipinski definition) is 1. The van der Waals surface area contributed by atoms with E-state index in [1.165, 1.54) is 12.1 Å². The number of carbonyl (C=O) groups excluding carboxylic acids is 2. The van der Waals surface area contributed by atoms with E-state index >= 15 is 0 Å². The van der Waals surface area contributed by atoms with Gasteiger partial charge in [-0.2, -0.15) is 0 Å². The highest BCUT2D eigenvalue weighted by Gasteiger charge is 2.17. The smallest absolute Gasteiger partial charge is 0.349 e. The first-order valence-electron chi connectivity index (χ1n) is 7.31. The average Bonchev–Trinajstić information content (AvgIpc) is 3.10. The van der Waals surface area contributed by atoms with E-state index in [9.17, 15) is 19.7 Å². The molecule has 2 rings (SSSR count). The molecule has 1 N–H and O–H groups in total. The predicted octanol–water partition coefficient (Wildman–Crippen LogP) is 2.18. The number of methoxy groups -OCH3 is 1. The van der Waals surface area contributed by atoms with Crippen molar-refractivity contribution >= 4 is 28.2 Å². The Labute approximate surface area is 147 Å². The summed E-state index contributed by atoms with van der Waals surface area (Å²) in [5.74, 6) is -0.477. The Morgan fingerprint density at radius 3 is 2.68 bits per heavy atom. The van der Waals surface area contributed by atoms with Gasteiger partial charge < -0.3 is 14.8 Å². The predicted molar refractivity (Wildman–Crippen MR) is 91.0 cm³/mol. The molecule has 8 nitrogen and oxygen atoms in total. The molecule has 1 aromatic heterocycles. The molecule has 0 spiro atoms. The Morgan fingerprint density at radius 1 is 1.24 bits per heavy atom. The Bertz CT molecular complexity index is 773. The van der Waals surface area contributed by atoms with E-state index in [2.05, 4.69) is 5.32 Å². The summed E-state index contributed by atoms with van der Waals surface area (Å²) in [4.78, 5) is 33.5. The van der Waals surface area contributed by atoms with Gasteiger partial charge in [0.15, 0.2) is 6.61 Å². The lowest BCUT2D eigenvalue weighted by molar-refractivity contribution is -0.380. The largest absolute Gasteiger partial charge is 0.496 e. The second-order valence-electron chi connectivity index (χ2n) is 4.88. The van der Waals surface area contributed by atoms with Gasteiger partial charge in [-0.25, -0.2) is 4.79 Å². The van der Waals surface area contributed by atoms with Crippen LogP contribution in [-0.4, -0.2) is 37.1 Å². The molecule has 0 aliphatic heterocycles. The quantitative estimate of drug-likeness (QED) is 0.437. The van der Waals surface area contributed by atoms with Gasteiger partial charge >= 0.3 is 11.0 Å². The molecule has 1 aromatic carbocycles. The molecule has 0 bridgehead atoms. The van der Waals surface area contributed by atoms with Crippen LogP contribution in [-0.2, 0) is 16.0 Å². The van der Waals surface area contributed by atoms with E-state index < -0.39 is 23.4 Å². The molecule has 0 fully saturated rings. The van der Waals surface area contributed by atoms with Crippen LogP contribution < -0.4 is 10.1 Å². The molecule has 25 heavy (non-hydrogen) atoms. The topological polar surface area (TPSA) is 108 Å². The van der Waals surface area contributed by atoms with Crippen molar-refractivity contribution in [3.8, 4) is 5.75 Å². The maximum absolute atomic E-state index is 11.7. The standard InChI is InChI=1S/C16H16N2O6S/c1-23-12-5-3-2-4-11(12)8-9-17-14(19)10-24-16(20)13-6-7-15(25-13)18(21)22/h2-7H,8-10H2,1H3,(H,17,19). The zero-order valence-electron chi connectivity index (χ0n) is 13.4. The van der Waals surface area contributed by atoms with Crippen molar-refractivity contribution in [1.82, 2.24) is 5.32 Å². The second-order valence-corrected chi connectivity index (χ2v) is 5.95. The minimum absolute atomic E-state index is 0.0773. The first-order chi connectivity index (χ1) is 12.0. The monoisotopic (exact) mass is 364 g/mol. The van der Waals surface area contributed by atoms with Gasteiger partial charge in [-0.05, 0) is 24.1 Å². The van der Waals surface area contributed by atoms with Crippen molar-refractivity contribution in [3.63, 3.8) is 0 Å². The molecule has 0 atom stereocenters. The number of thiophene rings is 1. The lowest BCUT2D eigenvalue weighted by Gasteiger charge is -2.09. The molecule has 0 radical (unpaired) electrons. The number of rotatable bonds is 8. The summed E-state index contributed by atoms with van der Waals surface area (Å²) in [6, 6.07) is 9.98. The van der Waals surface area contributed by atoms with E-state index in [0.29, 0.717) is 24.3 Å². The van der Waals surface area contributed by atoms with Crippen molar-refractivity contribution in [2.75, 3.05) is 20.3 Å². The van der Waals surface area contributed by atoms with Gasteiger partial charge in [0.2, 0.25) is 0 Å². The van der Waals surface area contributed by atoms with E-state index in [4.69, 9.17) is 9.47 Å². The molecule has 0 unspecified atom stereocenters. The molecule has 0 aliphatic rings. The van der Waals surface area contributed by atoms with Gasteiger partial charge in [-0.15, -0.1) is 0 Å². The Balaban J connectivity index is 1.74. The van der Waals surface area contributed by atoms with Gasteiger partial charge in [0.25, 0.3) is 5.91 Å². The summed E-state index contributed by atoms with van der Waals surface area (Å²) in [5, 5.41) is 13.1. The Morgan fingerprint density at radius 2 is 2.00 bits per heavy atom. The summed E-state index contributed by atoms with van der Waals surface area (Å²) in [6.45, 7) is -0.0856. The van der Waals surface area contributed by atoms with Crippen LogP contribution >= 0.6 is 11.3 Å². The number of benzene rings is 1. The SMILES string of the molecule is COc1ccccc1CCNC(=O)COC(=O)c1ccc([N+](=O)[O-])s1.